The molecule has 6 N–H and O–H groups in total. The molecule has 0 saturated heterocycles. The van der Waals surface area contributed by atoms with Crippen LogP contribution in [0.25, 0.3) is 0 Å². The van der Waals surface area contributed by atoms with E-state index in [1.54, 1.807) is 0 Å². The van der Waals surface area contributed by atoms with E-state index in [1.165, 1.54) is 0 Å². The third-order valence-electron chi connectivity index (χ3n) is 1.96. The van der Waals surface area contributed by atoms with Gasteiger partial charge < -0.3 is 31.6 Å². The first kappa shape index (κ1) is 22.7. The number of carbonyl (C=O) groups is 2. The Kier molecular flexibility index (Phi) is 14.9. The molecule has 0 radical (unpaired) electrons. The minimum Gasteiger partial charge on any atom is -0.450 e. The Morgan fingerprint density at radius 3 is 1.91 bits per heavy atom. The lowest BCUT2D eigenvalue weighted by molar-refractivity contribution is 0.0529. The highest BCUT2D eigenvalue weighted by atomic mass is 16.6. The molecule has 0 aromatic carbocycles. The Balaban J connectivity index is 0. The summed E-state index contributed by atoms with van der Waals surface area (Å²) in [6.45, 7) is 9.79. The van der Waals surface area contributed by atoms with Crippen LogP contribution >= 0.6 is 0 Å². The van der Waals surface area contributed by atoms with Gasteiger partial charge in [0.1, 0.15) is 5.60 Å². The zero-order valence-electron chi connectivity index (χ0n) is 14.2. The highest BCUT2D eigenvalue weighted by Gasteiger charge is 2.14. The van der Waals surface area contributed by atoms with Crippen molar-refractivity contribution in [2.45, 2.75) is 46.1 Å². The van der Waals surface area contributed by atoms with E-state index in [1.807, 2.05) is 27.7 Å². The maximum absolute atomic E-state index is 10.8. The first-order chi connectivity index (χ1) is 10.3. The van der Waals surface area contributed by atoms with E-state index in [-0.39, 0.29) is 6.09 Å². The fraction of sp³-hybridized carbons (Fsp3) is 0.857. The van der Waals surface area contributed by atoms with Crippen molar-refractivity contribution < 1.29 is 19.1 Å². The van der Waals surface area contributed by atoms with Crippen LogP contribution in [0.1, 0.15) is 40.5 Å². The second kappa shape index (κ2) is 14.4. The summed E-state index contributed by atoms with van der Waals surface area (Å²) in [6, 6.07) is 0. The Bertz CT molecular complexity index is 293. The van der Waals surface area contributed by atoms with Crippen molar-refractivity contribution in [3.63, 3.8) is 0 Å². The van der Waals surface area contributed by atoms with Crippen LogP contribution in [0.15, 0.2) is 0 Å². The van der Waals surface area contributed by atoms with Gasteiger partial charge in [0, 0.05) is 26.2 Å². The summed E-state index contributed by atoms with van der Waals surface area (Å²) in [6.07, 6.45) is 1.16. The molecular weight excluding hydrogens is 288 g/mol. The van der Waals surface area contributed by atoms with Gasteiger partial charge in [-0.1, -0.05) is 13.3 Å². The van der Waals surface area contributed by atoms with Crippen molar-refractivity contribution in [3.05, 3.63) is 0 Å². The average Bonchev–Trinajstić information content (AvgIpc) is 2.42. The first-order valence-electron chi connectivity index (χ1n) is 7.54. The van der Waals surface area contributed by atoms with Crippen molar-refractivity contribution in [3.8, 4) is 0 Å². The molecule has 22 heavy (non-hydrogen) atoms. The number of rotatable bonds is 7. The molecule has 0 aromatic rings. The van der Waals surface area contributed by atoms with E-state index in [2.05, 4.69) is 10.6 Å². The first-order valence-corrected chi connectivity index (χ1v) is 7.54. The van der Waals surface area contributed by atoms with Crippen LogP contribution in [0.3, 0.4) is 0 Å². The summed E-state index contributed by atoms with van der Waals surface area (Å²) < 4.78 is 9.71. The molecular formula is C14H32N4O4. The number of nitrogens with two attached hydrogens (primary N) is 2. The van der Waals surface area contributed by atoms with Crippen molar-refractivity contribution in [2.75, 3.05) is 32.8 Å². The Morgan fingerprint density at radius 1 is 1.00 bits per heavy atom. The van der Waals surface area contributed by atoms with Crippen LogP contribution in [-0.2, 0) is 9.47 Å². The maximum atomic E-state index is 10.8. The Hall–Kier alpha value is -1.54. The molecule has 0 aliphatic carbocycles. The lowest BCUT2D eigenvalue weighted by Crippen LogP contribution is -2.35. The lowest BCUT2D eigenvalue weighted by atomic mass is 10.2. The second-order valence-corrected chi connectivity index (χ2v) is 5.42. The van der Waals surface area contributed by atoms with E-state index >= 15 is 0 Å². The highest BCUT2D eigenvalue weighted by molar-refractivity contribution is 5.67. The summed E-state index contributed by atoms with van der Waals surface area (Å²) in [5.74, 6) is 0. The van der Waals surface area contributed by atoms with Gasteiger partial charge in [0.2, 0.25) is 0 Å². The topological polar surface area (TPSA) is 129 Å². The third kappa shape index (κ3) is 20.8. The lowest BCUT2D eigenvalue weighted by Gasteiger charge is -2.19. The number of hydrogen-bond donors (Lipinski definition) is 4. The number of ether oxygens (including phenoxy) is 2. The number of carbonyl (C=O) groups excluding carboxylic acids is 2. The Morgan fingerprint density at radius 2 is 1.50 bits per heavy atom. The van der Waals surface area contributed by atoms with Gasteiger partial charge in [-0.15, -0.1) is 0 Å². The SMILES string of the molecule is CC(C)(C)OC(=O)NCCN.CCCCOC(=O)NCCN. The summed E-state index contributed by atoms with van der Waals surface area (Å²) in [5, 5.41) is 5.01. The minimum atomic E-state index is -0.432. The van der Waals surface area contributed by atoms with Crippen molar-refractivity contribution in [2.24, 2.45) is 11.5 Å². The largest absolute Gasteiger partial charge is 0.450 e. The summed E-state index contributed by atoms with van der Waals surface area (Å²) in [4.78, 5) is 21.5. The van der Waals surface area contributed by atoms with Gasteiger partial charge in [-0.05, 0) is 27.2 Å². The fourth-order valence-electron chi connectivity index (χ4n) is 1.02. The summed E-state index contributed by atoms with van der Waals surface area (Å²) in [7, 11) is 0. The van der Waals surface area contributed by atoms with Gasteiger partial charge in [0.25, 0.3) is 0 Å². The zero-order chi connectivity index (χ0) is 17.4. The van der Waals surface area contributed by atoms with E-state index in [4.69, 9.17) is 20.9 Å². The van der Waals surface area contributed by atoms with Gasteiger partial charge in [0.15, 0.2) is 0 Å². The number of hydrogen-bond acceptors (Lipinski definition) is 6. The molecule has 132 valence electrons. The van der Waals surface area contributed by atoms with E-state index in [0.29, 0.717) is 32.8 Å². The molecule has 0 spiro atoms. The van der Waals surface area contributed by atoms with Crippen LogP contribution in [0.2, 0.25) is 0 Å². The normalized spacial score (nSPS) is 10.1. The molecule has 0 saturated carbocycles. The number of nitrogens with one attached hydrogen (secondary N) is 2. The molecule has 0 rings (SSSR count). The van der Waals surface area contributed by atoms with Gasteiger partial charge in [-0.2, -0.15) is 0 Å². The molecule has 0 unspecified atom stereocenters. The van der Waals surface area contributed by atoms with Crippen LogP contribution in [0.5, 0.6) is 0 Å². The summed E-state index contributed by atoms with van der Waals surface area (Å²) >= 11 is 0. The smallest absolute Gasteiger partial charge is 0.407 e. The van der Waals surface area contributed by atoms with E-state index < -0.39 is 11.7 Å². The van der Waals surface area contributed by atoms with E-state index in [9.17, 15) is 9.59 Å². The van der Waals surface area contributed by atoms with Crippen molar-refractivity contribution >= 4 is 12.2 Å². The quantitative estimate of drug-likeness (QED) is 0.517. The second-order valence-electron chi connectivity index (χ2n) is 5.42. The van der Waals surface area contributed by atoms with E-state index in [0.717, 1.165) is 12.8 Å². The summed E-state index contributed by atoms with van der Waals surface area (Å²) in [5.41, 5.74) is 9.90. The average molecular weight is 320 g/mol. The number of alkyl carbamates (subject to hydrolysis) is 2. The van der Waals surface area contributed by atoms with Crippen LogP contribution in [0, 0.1) is 0 Å². The minimum absolute atomic E-state index is 0.371. The molecule has 8 heteroatoms. The van der Waals surface area contributed by atoms with Gasteiger partial charge in [-0.25, -0.2) is 9.59 Å². The number of unbranched alkanes of at least 4 members (excludes halogenated alkanes) is 1. The van der Waals surface area contributed by atoms with Crippen molar-refractivity contribution in [1.82, 2.24) is 10.6 Å². The predicted octanol–water partition coefficient (Wildman–Crippen LogP) is 0.941. The zero-order valence-corrected chi connectivity index (χ0v) is 14.2. The van der Waals surface area contributed by atoms with Gasteiger partial charge in [0.05, 0.1) is 6.61 Å². The molecule has 0 aliphatic rings. The van der Waals surface area contributed by atoms with Crippen LogP contribution in [0.4, 0.5) is 9.59 Å². The third-order valence-corrected chi connectivity index (χ3v) is 1.96. The molecule has 0 aliphatic heterocycles. The predicted molar refractivity (Wildman–Crippen MR) is 86.6 cm³/mol. The maximum Gasteiger partial charge on any atom is 0.407 e. The molecule has 0 atom stereocenters. The standard InChI is InChI=1S/2C7H16N2O2/c1-7(2,3)11-6(10)9-5-4-8;1-2-3-6-11-7(10)9-5-4-8/h4-5,8H2,1-3H3,(H,9,10);2-6,8H2,1H3,(H,9,10). The molecule has 2 amide bonds. The van der Waals surface area contributed by atoms with Crippen molar-refractivity contribution in [1.29, 1.82) is 0 Å². The molecule has 0 aromatic heterocycles. The van der Waals surface area contributed by atoms with Gasteiger partial charge >= 0.3 is 12.2 Å². The van der Waals surface area contributed by atoms with Crippen LogP contribution in [-0.4, -0.2) is 50.6 Å². The fourth-order valence-corrected chi connectivity index (χ4v) is 1.02. The highest BCUT2D eigenvalue weighted by Crippen LogP contribution is 2.05. The number of amides is 2. The molecule has 0 heterocycles. The molecule has 0 bridgehead atoms. The van der Waals surface area contributed by atoms with Gasteiger partial charge in [-0.3, -0.25) is 0 Å². The molecule has 8 nitrogen and oxygen atoms in total. The molecule has 0 fully saturated rings. The monoisotopic (exact) mass is 320 g/mol. The Labute approximate surface area is 133 Å². The van der Waals surface area contributed by atoms with Crippen LogP contribution < -0.4 is 22.1 Å².